The summed E-state index contributed by atoms with van der Waals surface area (Å²) in [7, 11) is 0. The van der Waals surface area contributed by atoms with Crippen LogP contribution in [0, 0.1) is 0 Å². The molecule has 1 aromatic heterocycles. The van der Waals surface area contributed by atoms with Crippen molar-refractivity contribution in [1.82, 2.24) is 14.9 Å². The third kappa shape index (κ3) is 3.35. The Morgan fingerprint density at radius 3 is 2.50 bits per heavy atom. The van der Waals surface area contributed by atoms with E-state index in [2.05, 4.69) is 10.3 Å². The molecular formula is C19H22N4O3. The lowest BCUT2D eigenvalue weighted by molar-refractivity contribution is 0.126. The van der Waals surface area contributed by atoms with Crippen LogP contribution < -0.4 is 5.32 Å². The molecule has 26 heavy (non-hydrogen) atoms. The smallest absolute Gasteiger partial charge is 0.407 e. The number of nitrogens with one attached hydrogen (secondary N) is 1. The number of aliphatic hydroxyl groups is 1. The average molecular weight is 354 g/mol. The first kappa shape index (κ1) is 16.8. The molecule has 3 N–H and O–H groups in total. The van der Waals surface area contributed by atoms with Gasteiger partial charge in [0.1, 0.15) is 0 Å². The Balaban J connectivity index is 1.66. The number of anilines is 1. The highest BCUT2D eigenvalue weighted by Gasteiger charge is 2.29. The van der Waals surface area contributed by atoms with Crippen LogP contribution in [0.3, 0.4) is 0 Å². The number of rotatable bonds is 3. The predicted octanol–water partition coefficient (Wildman–Crippen LogP) is 2.85. The van der Waals surface area contributed by atoms with Crippen molar-refractivity contribution >= 4 is 12.0 Å². The molecule has 0 unspecified atom stereocenters. The van der Waals surface area contributed by atoms with E-state index in [4.69, 9.17) is 4.98 Å². The number of aromatic nitrogens is 2. The van der Waals surface area contributed by atoms with Crippen LogP contribution in [0.5, 0.6) is 0 Å². The van der Waals surface area contributed by atoms with Crippen molar-refractivity contribution in [3.8, 4) is 11.3 Å². The van der Waals surface area contributed by atoms with Crippen LogP contribution in [-0.2, 0) is 13.1 Å². The van der Waals surface area contributed by atoms with E-state index >= 15 is 0 Å². The van der Waals surface area contributed by atoms with Crippen molar-refractivity contribution in [2.45, 2.75) is 50.9 Å². The summed E-state index contributed by atoms with van der Waals surface area (Å²) in [6.07, 6.45) is 2.16. The molecular weight excluding hydrogens is 332 g/mol. The second-order valence-electron chi connectivity index (χ2n) is 6.98. The number of amides is 1. The number of aliphatic hydroxyl groups excluding tert-OH is 1. The van der Waals surface area contributed by atoms with E-state index < -0.39 is 6.09 Å². The van der Waals surface area contributed by atoms with Gasteiger partial charge in [0.15, 0.2) is 0 Å². The first-order chi connectivity index (χ1) is 12.6. The van der Waals surface area contributed by atoms with Crippen molar-refractivity contribution < 1.29 is 15.0 Å². The van der Waals surface area contributed by atoms with Crippen LogP contribution >= 0.6 is 0 Å². The summed E-state index contributed by atoms with van der Waals surface area (Å²) in [5.41, 5.74) is 3.39. The van der Waals surface area contributed by atoms with Gasteiger partial charge >= 0.3 is 6.09 Å². The number of nitrogens with zero attached hydrogens (tertiary/aromatic N) is 3. The largest absolute Gasteiger partial charge is 0.465 e. The lowest BCUT2D eigenvalue weighted by Gasteiger charge is -2.26. The van der Waals surface area contributed by atoms with Crippen LogP contribution in [0.25, 0.3) is 11.3 Å². The average Bonchev–Trinajstić information content (AvgIpc) is 3.08. The summed E-state index contributed by atoms with van der Waals surface area (Å²) in [5, 5.41) is 22.4. The van der Waals surface area contributed by atoms with Gasteiger partial charge in [0.25, 0.3) is 0 Å². The molecule has 0 atom stereocenters. The molecule has 1 fully saturated rings. The number of hydrogen-bond donors (Lipinski definition) is 3. The third-order valence-corrected chi connectivity index (χ3v) is 5.13. The Kier molecular flexibility index (Phi) is 4.46. The first-order valence-corrected chi connectivity index (χ1v) is 8.98. The maximum atomic E-state index is 11.4. The molecule has 1 saturated carbocycles. The van der Waals surface area contributed by atoms with E-state index in [-0.39, 0.29) is 18.7 Å². The van der Waals surface area contributed by atoms with Crippen LogP contribution in [0.2, 0.25) is 0 Å². The molecule has 4 rings (SSSR count). The highest BCUT2D eigenvalue weighted by Crippen LogP contribution is 2.32. The van der Waals surface area contributed by atoms with Crippen LogP contribution in [0.1, 0.15) is 36.9 Å². The topological polar surface area (TPSA) is 98.6 Å². The van der Waals surface area contributed by atoms with Gasteiger partial charge < -0.3 is 15.5 Å². The first-order valence-electron chi connectivity index (χ1n) is 8.98. The van der Waals surface area contributed by atoms with Gasteiger partial charge in [-0.1, -0.05) is 30.3 Å². The van der Waals surface area contributed by atoms with E-state index in [0.29, 0.717) is 12.5 Å². The minimum atomic E-state index is -0.946. The van der Waals surface area contributed by atoms with Crippen molar-refractivity contribution in [3.05, 3.63) is 41.6 Å². The standard InChI is InChI=1S/C19H22N4O3/c24-14-8-6-13(7-9-14)20-18-21-16-11-23(19(25)26)10-15(16)17(22-18)12-4-2-1-3-5-12/h1-5,13-14,24H,6-11H2,(H,25,26)(H,20,21,22)/t13-,14-. The van der Waals surface area contributed by atoms with Gasteiger partial charge in [-0.05, 0) is 25.7 Å². The fraction of sp³-hybridized carbons (Fsp3) is 0.421. The van der Waals surface area contributed by atoms with Gasteiger partial charge in [0.05, 0.1) is 30.6 Å². The Hall–Kier alpha value is -2.67. The molecule has 0 bridgehead atoms. The van der Waals surface area contributed by atoms with Crippen LogP contribution in [0.4, 0.5) is 10.7 Å². The summed E-state index contributed by atoms with van der Waals surface area (Å²) in [5.74, 6) is 0.538. The molecule has 2 aromatic rings. The lowest BCUT2D eigenvalue weighted by atomic mass is 9.93. The summed E-state index contributed by atoms with van der Waals surface area (Å²) in [6, 6.07) is 10.0. The zero-order chi connectivity index (χ0) is 18.1. The number of fused-ring (bicyclic) bond motifs is 1. The molecule has 136 valence electrons. The highest BCUT2D eigenvalue weighted by atomic mass is 16.4. The zero-order valence-electron chi connectivity index (χ0n) is 14.4. The Labute approximate surface area is 151 Å². The molecule has 0 spiro atoms. The van der Waals surface area contributed by atoms with Gasteiger partial charge in [-0.25, -0.2) is 14.8 Å². The van der Waals surface area contributed by atoms with Gasteiger partial charge in [-0.15, -0.1) is 0 Å². The second-order valence-corrected chi connectivity index (χ2v) is 6.98. The fourth-order valence-corrected chi connectivity index (χ4v) is 3.69. The quantitative estimate of drug-likeness (QED) is 0.784. The molecule has 0 saturated heterocycles. The summed E-state index contributed by atoms with van der Waals surface area (Å²) < 4.78 is 0. The Bertz CT molecular complexity index is 804. The molecule has 7 heteroatoms. The number of benzene rings is 1. The molecule has 2 aliphatic rings. The molecule has 7 nitrogen and oxygen atoms in total. The SMILES string of the molecule is O=C(O)N1Cc2nc(N[C@H]3CC[C@H](O)CC3)nc(-c3ccccc3)c2C1. The molecule has 2 heterocycles. The minimum absolute atomic E-state index is 0.210. The zero-order valence-corrected chi connectivity index (χ0v) is 14.4. The molecule has 1 amide bonds. The van der Waals surface area contributed by atoms with E-state index in [9.17, 15) is 15.0 Å². The fourth-order valence-electron chi connectivity index (χ4n) is 3.69. The number of carbonyl (C=O) groups is 1. The third-order valence-electron chi connectivity index (χ3n) is 5.13. The number of carboxylic acid groups (broad SMARTS) is 1. The molecule has 1 aliphatic heterocycles. The van der Waals surface area contributed by atoms with Crippen LogP contribution in [-0.4, -0.2) is 43.3 Å². The lowest BCUT2D eigenvalue weighted by Crippen LogP contribution is -2.29. The maximum absolute atomic E-state index is 11.4. The van der Waals surface area contributed by atoms with Gasteiger partial charge in [0, 0.05) is 17.2 Å². The van der Waals surface area contributed by atoms with Crippen LogP contribution in [0.15, 0.2) is 30.3 Å². The van der Waals surface area contributed by atoms with E-state index in [1.807, 2.05) is 30.3 Å². The summed E-state index contributed by atoms with van der Waals surface area (Å²) >= 11 is 0. The van der Waals surface area contributed by atoms with Crippen molar-refractivity contribution in [2.24, 2.45) is 0 Å². The van der Waals surface area contributed by atoms with E-state index in [1.165, 1.54) is 4.90 Å². The normalized spacial score (nSPS) is 22.1. The number of hydrogen-bond acceptors (Lipinski definition) is 5. The van der Waals surface area contributed by atoms with Gasteiger partial charge in [-0.2, -0.15) is 0 Å². The van der Waals surface area contributed by atoms with Gasteiger partial charge in [0.2, 0.25) is 5.95 Å². The molecule has 1 aliphatic carbocycles. The summed E-state index contributed by atoms with van der Waals surface area (Å²) in [4.78, 5) is 22.1. The predicted molar refractivity (Wildman–Crippen MR) is 96.6 cm³/mol. The van der Waals surface area contributed by atoms with Crippen molar-refractivity contribution in [3.63, 3.8) is 0 Å². The van der Waals surface area contributed by atoms with E-state index in [1.54, 1.807) is 0 Å². The highest BCUT2D eigenvalue weighted by molar-refractivity contribution is 5.70. The Morgan fingerprint density at radius 1 is 1.08 bits per heavy atom. The second kappa shape index (κ2) is 6.92. The van der Waals surface area contributed by atoms with Gasteiger partial charge in [-0.3, -0.25) is 4.90 Å². The monoisotopic (exact) mass is 354 g/mol. The van der Waals surface area contributed by atoms with Crippen molar-refractivity contribution in [1.29, 1.82) is 0 Å². The maximum Gasteiger partial charge on any atom is 0.407 e. The Morgan fingerprint density at radius 2 is 1.81 bits per heavy atom. The summed E-state index contributed by atoms with van der Waals surface area (Å²) in [6.45, 7) is 0.593. The van der Waals surface area contributed by atoms with Crippen molar-refractivity contribution in [2.75, 3.05) is 5.32 Å². The molecule has 0 radical (unpaired) electrons. The molecule has 1 aromatic carbocycles. The van der Waals surface area contributed by atoms with E-state index in [0.717, 1.165) is 48.2 Å². The minimum Gasteiger partial charge on any atom is -0.465 e.